The van der Waals surface area contributed by atoms with Crippen LogP contribution in [-0.4, -0.2) is 30.2 Å². The number of ether oxygens (including phenoxy) is 1. The van der Waals surface area contributed by atoms with E-state index in [-0.39, 0.29) is 28.9 Å². The molecule has 2 aromatic heterocycles. The van der Waals surface area contributed by atoms with Crippen LogP contribution in [-0.2, 0) is 16.2 Å². The van der Waals surface area contributed by atoms with E-state index in [1.54, 1.807) is 19.1 Å². The fraction of sp³-hybridized carbons (Fsp3) is 0.208. The van der Waals surface area contributed by atoms with Crippen LogP contribution >= 0.6 is 0 Å². The van der Waals surface area contributed by atoms with Crippen LogP contribution in [0.3, 0.4) is 0 Å². The van der Waals surface area contributed by atoms with Crippen molar-refractivity contribution in [2.45, 2.75) is 30.3 Å². The van der Waals surface area contributed by atoms with Crippen LogP contribution in [0.5, 0.6) is 5.75 Å². The topological polar surface area (TPSA) is 107 Å². The molecule has 0 saturated carbocycles. The van der Waals surface area contributed by atoms with Gasteiger partial charge in [0.2, 0.25) is 0 Å². The summed E-state index contributed by atoms with van der Waals surface area (Å²) < 4.78 is 79.5. The standard InChI is InChI=1S/C24H19F3N4O4S/c1-14-29-21(13-35-14)20-11-15(24(25,26)27)4-6-17(20)18-8-10-34-22-12-16(5-7-19(18)22)36(32,33)31-23-3-2-9-28-30-23/h2-7,9,11-13,18H,8,10H2,1H3,(H,30,31). The van der Waals surface area contributed by atoms with Crippen molar-refractivity contribution >= 4 is 15.8 Å². The van der Waals surface area contributed by atoms with Crippen molar-refractivity contribution in [2.75, 3.05) is 11.3 Å². The largest absolute Gasteiger partial charge is 0.493 e. The minimum absolute atomic E-state index is 0.0488. The number of nitrogens with one attached hydrogen (secondary N) is 1. The molecule has 0 bridgehead atoms. The Bertz CT molecular complexity index is 1520. The van der Waals surface area contributed by atoms with Gasteiger partial charge in [0.15, 0.2) is 11.7 Å². The van der Waals surface area contributed by atoms with Gasteiger partial charge in [-0.3, -0.25) is 4.72 Å². The molecule has 1 aliphatic rings. The van der Waals surface area contributed by atoms with E-state index in [1.165, 1.54) is 36.7 Å². The minimum Gasteiger partial charge on any atom is -0.493 e. The van der Waals surface area contributed by atoms with Crippen LogP contribution in [0.25, 0.3) is 11.3 Å². The number of oxazole rings is 1. The molecule has 0 aliphatic carbocycles. The summed E-state index contributed by atoms with van der Waals surface area (Å²) in [6.07, 6.45) is -1.31. The maximum Gasteiger partial charge on any atom is 0.416 e. The van der Waals surface area contributed by atoms with Gasteiger partial charge in [-0.25, -0.2) is 13.4 Å². The lowest BCUT2D eigenvalue weighted by molar-refractivity contribution is -0.137. The van der Waals surface area contributed by atoms with Crippen LogP contribution in [0.2, 0.25) is 0 Å². The zero-order chi connectivity index (χ0) is 25.5. The van der Waals surface area contributed by atoms with Crippen LogP contribution in [0, 0.1) is 6.92 Å². The zero-order valence-corrected chi connectivity index (χ0v) is 19.6. The summed E-state index contributed by atoms with van der Waals surface area (Å²) in [6.45, 7) is 1.86. The number of alkyl halides is 3. The molecule has 36 heavy (non-hydrogen) atoms. The van der Waals surface area contributed by atoms with Gasteiger partial charge in [-0.2, -0.15) is 18.3 Å². The normalized spacial score (nSPS) is 15.7. The van der Waals surface area contributed by atoms with Gasteiger partial charge >= 0.3 is 6.18 Å². The summed E-state index contributed by atoms with van der Waals surface area (Å²) in [4.78, 5) is 4.19. The Hall–Kier alpha value is -3.93. The molecule has 3 heterocycles. The molecule has 0 radical (unpaired) electrons. The van der Waals surface area contributed by atoms with E-state index < -0.39 is 21.8 Å². The molecule has 12 heteroatoms. The minimum atomic E-state index is -4.53. The first-order chi connectivity index (χ1) is 17.1. The van der Waals surface area contributed by atoms with Gasteiger partial charge in [0.05, 0.1) is 17.1 Å². The predicted molar refractivity (Wildman–Crippen MR) is 123 cm³/mol. The maximum absolute atomic E-state index is 13.5. The molecule has 0 amide bonds. The summed E-state index contributed by atoms with van der Waals surface area (Å²) in [5.74, 6) is 0.362. The second kappa shape index (κ2) is 8.94. The van der Waals surface area contributed by atoms with Gasteiger partial charge in [0.1, 0.15) is 17.7 Å². The molecule has 4 aromatic rings. The lowest BCUT2D eigenvalue weighted by atomic mass is 9.83. The summed E-state index contributed by atoms with van der Waals surface area (Å²) >= 11 is 0. The quantitative estimate of drug-likeness (QED) is 0.390. The number of hydrogen-bond donors (Lipinski definition) is 1. The summed E-state index contributed by atoms with van der Waals surface area (Å²) in [7, 11) is -3.98. The number of fused-ring (bicyclic) bond motifs is 1. The number of aromatic nitrogens is 3. The van der Waals surface area contributed by atoms with Crippen molar-refractivity contribution in [3.8, 4) is 17.0 Å². The highest BCUT2D eigenvalue weighted by molar-refractivity contribution is 7.92. The monoisotopic (exact) mass is 516 g/mol. The molecule has 2 aromatic carbocycles. The Morgan fingerprint density at radius 2 is 1.89 bits per heavy atom. The molecule has 1 aliphatic heterocycles. The molecule has 0 saturated heterocycles. The Morgan fingerprint density at radius 1 is 1.08 bits per heavy atom. The van der Waals surface area contributed by atoms with E-state index in [4.69, 9.17) is 9.15 Å². The number of hydrogen-bond acceptors (Lipinski definition) is 7. The first kappa shape index (κ1) is 23.8. The van der Waals surface area contributed by atoms with E-state index >= 15 is 0 Å². The highest BCUT2D eigenvalue weighted by atomic mass is 32.2. The SMILES string of the molecule is Cc1nc(-c2cc(C(F)(F)F)ccc2C2CCOc3cc(S(=O)(=O)Nc4cccnn4)ccc32)co1. The van der Waals surface area contributed by atoms with Crippen molar-refractivity contribution in [3.05, 3.63) is 83.6 Å². The summed E-state index contributed by atoms with van der Waals surface area (Å²) in [5, 5.41) is 7.38. The van der Waals surface area contributed by atoms with Crippen molar-refractivity contribution in [3.63, 3.8) is 0 Å². The fourth-order valence-electron chi connectivity index (χ4n) is 4.16. The van der Waals surface area contributed by atoms with Crippen molar-refractivity contribution in [1.82, 2.24) is 15.2 Å². The highest BCUT2D eigenvalue weighted by Gasteiger charge is 2.34. The third kappa shape index (κ3) is 4.63. The number of benzene rings is 2. The van der Waals surface area contributed by atoms with Crippen LogP contribution in [0.1, 0.15) is 34.9 Å². The molecular weight excluding hydrogens is 497 g/mol. The summed E-state index contributed by atoms with van der Waals surface area (Å²) in [5.41, 5.74) is 1.04. The van der Waals surface area contributed by atoms with E-state index in [9.17, 15) is 21.6 Å². The van der Waals surface area contributed by atoms with Crippen molar-refractivity contribution < 1.29 is 30.7 Å². The van der Waals surface area contributed by atoms with Gasteiger partial charge in [0, 0.05) is 36.2 Å². The number of halogens is 3. The molecule has 1 atom stereocenters. The number of nitrogens with zero attached hydrogens (tertiary/aromatic N) is 3. The van der Waals surface area contributed by atoms with E-state index in [1.807, 2.05) is 0 Å². The van der Waals surface area contributed by atoms with Crippen molar-refractivity contribution in [1.29, 1.82) is 0 Å². The van der Waals surface area contributed by atoms with E-state index in [0.717, 1.165) is 12.1 Å². The average Bonchev–Trinajstić information content (AvgIpc) is 3.29. The van der Waals surface area contributed by atoms with Crippen LogP contribution < -0.4 is 9.46 Å². The first-order valence-corrected chi connectivity index (χ1v) is 12.3. The van der Waals surface area contributed by atoms with Gasteiger partial charge in [-0.1, -0.05) is 12.1 Å². The molecule has 5 rings (SSSR count). The number of anilines is 1. The van der Waals surface area contributed by atoms with Gasteiger partial charge in [-0.05, 0) is 42.3 Å². The highest BCUT2D eigenvalue weighted by Crippen LogP contribution is 2.44. The number of sulfonamides is 1. The smallest absolute Gasteiger partial charge is 0.416 e. The Balaban J connectivity index is 1.55. The summed E-state index contributed by atoms with van der Waals surface area (Å²) in [6, 6.07) is 11.0. The molecule has 1 N–H and O–H groups in total. The first-order valence-electron chi connectivity index (χ1n) is 10.8. The lowest BCUT2D eigenvalue weighted by Gasteiger charge is -2.28. The Kier molecular flexibility index (Phi) is 5.91. The van der Waals surface area contributed by atoms with Gasteiger partial charge in [-0.15, -0.1) is 5.10 Å². The van der Waals surface area contributed by atoms with Crippen LogP contribution in [0.15, 0.2) is 70.3 Å². The third-order valence-electron chi connectivity index (χ3n) is 5.80. The molecule has 1 unspecified atom stereocenters. The third-order valence-corrected chi connectivity index (χ3v) is 7.15. The molecule has 0 fully saturated rings. The fourth-order valence-corrected chi connectivity index (χ4v) is 5.17. The number of rotatable bonds is 5. The van der Waals surface area contributed by atoms with Gasteiger partial charge < -0.3 is 9.15 Å². The second-order valence-electron chi connectivity index (χ2n) is 8.16. The molecule has 0 spiro atoms. The van der Waals surface area contributed by atoms with E-state index in [2.05, 4.69) is 19.9 Å². The predicted octanol–water partition coefficient (Wildman–Crippen LogP) is 5.17. The van der Waals surface area contributed by atoms with Crippen LogP contribution in [0.4, 0.5) is 19.0 Å². The van der Waals surface area contributed by atoms with Crippen molar-refractivity contribution in [2.24, 2.45) is 0 Å². The maximum atomic E-state index is 13.5. The van der Waals surface area contributed by atoms with Gasteiger partial charge in [0.25, 0.3) is 10.0 Å². The average molecular weight is 517 g/mol. The molecule has 8 nitrogen and oxygen atoms in total. The van der Waals surface area contributed by atoms with E-state index in [0.29, 0.717) is 34.8 Å². The molecular formula is C24H19F3N4O4S. The molecule has 186 valence electrons. The number of aryl methyl sites for hydroxylation is 1. The Morgan fingerprint density at radius 3 is 2.58 bits per heavy atom. The second-order valence-corrected chi connectivity index (χ2v) is 9.84. The Labute approximate surface area is 204 Å². The zero-order valence-electron chi connectivity index (χ0n) is 18.8. The lowest BCUT2D eigenvalue weighted by Crippen LogP contribution is -2.19.